The first kappa shape index (κ1) is 56.8. The van der Waals surface area contributed by atoms with Crippen LogP contribution in [0.3, 0.4) is 0 Å². The Balaban J connectivity index is 4.20. The third kappa shape index (κ3) is 44.3. The van der Waals surface area contributed by atoms with Gasteiger partial charge in [0.05, 0.1) is 27.7 Å². The fourth-order valence-electron chi connectivity index (χ4n) is 6.95. The van der Waals surface area contributed by atoms with Crippen molar-refractivity contribution in [2.45, 2.75) is 238 Å². The van der Waals surface area contributed by atoms with E-state index < -0.39 is 26.5 Å². The summed E-state index contributed by atoms with van der Waals surface area (Å²) in [6.45, 7) is 4.43. The van der Waals surface area contributed by atoms with E-state index in [2.05, 4.69) is 26.0 Å². The first-order valence-electron chi connectivity index (χ1n) is 24.4. The molecule has 0 radical (unpaired) electrons. The fraction of sp³-hybridized carbons (Fsp3) is 0.917. The molecule has 0 heterocycles. The molecule has 0 aliphatic heterocycles. The van der Waals surface area contributed by atoms with Crippen molar-refractivity contribution in [2.24, 2.45) is 0 Å². The van der Waals surface area contributed by atoms with Gasteiger partial charge in [-0.2, -0.15) is 0 Å². The molecule has 0 aliphatic carbocycles. The molecule has 10 heteroatoms. The van der Waals surface area contributed by atoms with E-state index in [9.17, 15) is 19.0 Å². The maximum Gasteiger partial charge on any atom is 0.472 e. The number of carbonyl (C=O) groups excluding carboxylic acids is 2. The number of ether oxygens (including phenoxy) is 2. The summed E-state index contributed by atoms with van der Waals surface area (Å²) in [6.07, 6.45) is 44.1. The molecule has 0 aromatic heterocycles. The third-order valence-electron chi connectivity index (χ3n) is 10.8. The predicted octanol–water partition coefficient (Wildman–Crippen LogP) is 14.1. The number of quaternary nitrogens is 1. The molecule has 2 atom stereocenters. The molecule has 1 N–H and O–H groups in total. The van der Waals surface area contributed by atoms with Crippen molar-refractivity contribution in [3.05, 3.63) is 12.2 Å². The third-order valence-corrected chi connectivity index (χ3v) is 11.8. The molecule has 58 heavy (non-hydrogen) atoms. The van der Waals surface area contributed by atoms with Gasteiger partial charge in [0.25, 0.3) is 0 Å². The Morgan fingerprint density at radius 2 is 0.879 bits per heavy atom. The van der Waals surface area contributed by atoms with Crippen LogP contribution in [0.5, 0.6) is 0 Å². The number of esters is 2. The summed E-state index contributed by atoms with van der Waals surface area (Å²) in [5.41, 5.74) is 0. The number of nitrogens with zero attached hydrogens (tertiary/aromatic N) is 1. The van der Waals surface area contributed by atoms with Crippen LogP contribution in [0, 0.1) is 0 Å². The quantitative estimate of drug-likeness (QED) is 0.0212. The molecule has 0 fully saturated rings. The van der Waals surface area contributed by atoms with Crippen LogP contribution >= 0.6 is 7.82 Å². The van der Waals surface area contributed by atoms with Gasteiger partial charge in [0.1, 0.15) is 19.8 Å². The Morgan fingerprint density at radius 1 is 0.517 bits per heavy atom. The molecular formula is C48H95NO8P+. The lowest BCUT2D eigenvalue weighted by molar-refractivity contribution is -0.870. The summed E-state index contributed by atoms with van der Waals surface area (Å²) in [5.74, 6) is -0.796. The van der Waals surface area contributed by atoms with Crippen molar-refractivity contribution in [1.82, 2.24) is 0 Å². The molecule has 344 valence electrons. The molecular weight excluding hydrogens is 750 g/mol. The van der Waals surface area contributed by atoms with Crippen molar-refractivity contribution in [3.63, 3.8) is 0 Å². The zero-order valence-electron chi connectivity index (χ0n) is 38.8. The van der Waals surface area contributed by atoms with E-state index in [4.69, 9.17) is 18.5 Å². The molecule has 0 aliphatic rings. The molecule has 9 nitrogen and oxygen atoms in total. The second-order valence-electron chi connectivity index (χ2n) is 17.9. The van der Waals surface area contributed by atoms with Crippen LogP contribution in [0.4, 0.5) is 0 Å². The number of hydrogen-bond donors (Lipinski definition) is 1. The number of carbonyl (C=O) groups is 2. The highest BCUT2D eigenvalue weighted by Crippen LogP contribution is 2.43. The van der Waals surface area contributed by atoms with Crippen molar-refractivity contribution in [3.8, 4) is 0 Å². The van der Waals surface area contributed by atoms with Gasteiger partial charge in [0.2, 0.25) is 0 Å². The minimum Gasteiger partial charge on any atom is -0.462 e. The summed E-state index contributed by atoms with van der Waals surface area (Å²) < 4.78 is 34.4. The Labute approximate surface area is 358 Å². The lowest BCUT2D eigenvalue weighted by Crippen LogP contribution is -2.37. The summed E-state index contributed by atoms with van der Waals surface area (Å²) in [7, 11) is 1.48. The molecule has 0 spiro atoms. The molecule has 0 aromatic carbocycles. The molecule has 0 saturated carbocycles. The van der Waals surface area contributed by atoms with Crippen LogP contribution in [-0.4, -0.2) is 74.9 Å². The Hall–Kier alpha value is -1.25. The van der Waals surface area contributed by atoms with Crippen molar-refractivity contribution >= 4 is 19.8 Å². The van der Waals surface area contributed by atoms with Crippen LogP contribution in [0.25, 0.3) is 0 Å². The van der Waals surface area contributed by atoms with Gasteiger partial charge in [-0.3, -0.25) is 18.6 Å². The zero-order chi connectivity index (χ0) is 42.8. The van der Waals surface area contributed by atoms with Crippen LogP contribution in [0.1, 0.15) is 232 Å². The van der Waals surface area contributed by atoms with Gasteiger partial charge in [0.15, 0.2) is 6.10 Å². The normalized spacial score (nSPS) is 13.6. The Bertz CT molecular complexity index is 1000. The fourth-order valence-corrected chi connectivity index (χ4v) is 7.69. The molecule has 0 saturated heterocycles. The van der Waals surface area contributed by atoms with E-state index in [0.717, 1.165) is 51.4 Å². The largest absolute Gasteiger partial charge is 0.472 e. The van der Waals surface area contributed by atoms with Gasteiger partial charge in [0, 0.05) is 12.8 Å². The van der Waals surface area contributed by atoms with E-state index in [1.165, 1.54) is 148 Å². The lowest BCUT2D eigenvalue weighted by atomic mass is 10.0. The van der Waals surface area contributed by atoms with Crippen LogP contribution in [0.15, 0.2) is 12.2 Å². The summed E-state index contributed by atoms with van der Waals surface area (Å²) in [4.78, 5) is 35.4. The lowest BCUT2D eigenvalue weighted by Gasteiger charge is -2.24. The highest BCUT2D eigenvalue weighted by atomic mass is 31.2. The average molecular weight is 845 g/mol. The highest BCUT2D eigenvalue weighted by Gasteiger charge is 2.27. The number of phosphoric acid groups is 1. The number of likely N-dealkylation sites (N-methyl/N-ethyl adjacent to an activating group) is 1. The van der Waals surface area contributed by atoms with Gasteiger partial charge in [-0.1, -0.05) is 193 Å². The first-order valence-corrected chi connectivity index (χ1v) is 25.9. The zero-order valence-corrected chi connectivity index (χ0v) is 39.7. The van der Waals surface area contributed by atoms with E-state index in [1.807, 2.05) is 21.1 Å². The monoisotopic (exact) mass is 845 g/mol. The second-order valence-corrected chi connectivity index (χ2v) is 19.3. The highest BCUT2D eigenvalue weighted by molar-refractivity contribution is 7.47. The Morgan fingerprint density at radius 3 is 1.29 bits per heavy atom. The SMILES string of the molecule is CCCCCC/C=C/CCCCCCCC(=O)O[C@@H](COC(=O)CCCCCCCCCCCCCCCCCCCCCCC)COP(=O)(O)OCC[N+](C)(C)C. The number of phosphoric ester groups is 1. The van der Waals surface area contributed by atoms with E-state index in [1.54, 1.807) is 0 Å². The molecule has 0 amide bonds. The predicted molar refractivity (Wildman–Crippen MR) is 243 cm³/mol. The summed E-state index contributed by atoms with van der Waals surface area (Å²) in [6, 6.07) is 0. The topological polar surface area (TPSA) is 108 Å². The summed E-state index contributed by atoms with van der Waals surface area (Å²) in [5, 5.41) is 0. The number of allylic oxidation sites excluding steroid dienone is 2. The van der Waals surface area contributed by atoms with Gasteiger partial charge in [-0.15, -0.1) is 0 Å². The molecule has 0 rings (SSSR count). The van der Waals surface area contributed by atoms with Gasteiger partial charge in [-0.05, 0) is 38.5 Å². The maximum atomic E-state index is 12.7. The van der Waals surface area contributed by atoms with Crippen LogP contribution < -0.4 is 0 Å². The van der Waals surface area contributed by atoms with Crippen molar-refractivity contribution < 1.29 is 42.1 Å². The van der Waals surface area contributed by atoms with Crippen LogP contribution in [-0.2, 0) is 32.7 Å². The van der Waals surface area contributed by atoms with E-state index in [-0.39, 0.29) is 25.6 Å². The first-order chi connectivity index (χ1) is 28.0. The minimum atomic E-state index is -4.37. The second kappa shape index (κ2) is 41.1. The number of rotatable bonds is 45. The summed E-state index contributed by atoms with van der Waals surface area (Å²) >= 11 is 0. The maximum absolute atomic E-state index is 12.7. The van der Waals surface area contributed by atoms with Crippen molar-refractivity contribution in [2.75, 3.05) is 47.5 Å². The number of hydrogen-bond acceptors (Lipinski definition) is 7. The number of unbranched alkanes of at least 4 members (excludes halogenated alkanes) is 29. The van der Waals surface area contributed by atoms with E-state index in [0.29, 0.717) is 23.9 Å². The smallest absolute Gasteiger partial charge is 0.462 e. The van der Waals surface area contributed by atoms with Gasteiger partial charge < -0.3 is 18.9 Å². The molecule has 1 unspecified atom stereocenters. The standard InChI is InChI=1S/C48H94NO8P/c1-6-8-10-12-14-16-18-20-21-22-23-24-25-26-27-29-30-32-34-36-38-40-47(50)54-44-46(45-56-58(52,53)55-43-42-49(3,4)5)57-48(51)41-39-37-35-33-31-28-19-17-15-13-11-9-7-2/h17,19,46H,6-16,18,20-45H2,1-5H3/p+1/b19-17+/t46-/m0/s1. The van der Waals surface area contributed by atoms with Crippen LogP contribution in [0.2, 0.25) is 0 Å². The average Bonchev–Trinajstić information content (AvgIpc) is 3.17. The van der Waals surface area contributed by atoms with Crippen molar-refractivity contribution in [1.29, 1.82) is 0 Å². The molecule has 0 bridgehead atoms. The Kier molecular flexibility index (Phi) is 40.2. The van der Waals surface area contributed by atoms with Gasteiger partial charge >= 0.3 is 19.8 Å². The molecule has 0 aromatic rings. The van der Waals surface area contributed by atoms with E-state index >= 15 is 0 Å². The van der Waals surface area contributed by atoms with Gasteiger partial charge in [-0.25, -0.2) is 4.57 Å². The minimum absolute atomic E-state index is 0.0333.